The first kappa shape index (κ1) is 17.7. The fourth-order valence-corrected chi connectivity index (χ4v) is 2.35. The van der Waals surface area contributed by atoms with E-state index >= 15 is 0 Å². The van der Waals surface area contributed by atoms with Crippen molar-refractivity contribution in [2.45, 2.75) is 19.0 Å². The first-order chi connectivity index (χ1) is 10.9. The molecule has 128 valence electrons. The topological polar surface area (TPSA) is 62.3 Å². The summed E-state index contributed by atoms with van der Waals surface area (Å²) in [5, 5.41) is 5.54. The third-order valence-corrected chi connectivity index (χ3v) is 3.50. The molecule has 10 heteroatoms. The molecule has 23 heavy (non-hydrogen) atoms. The Morgan fingerprint density at radius 3 is 2.65 bits per heavy atom. The van der Waals surface area contributed by atoms with Crippen LogP contribution in [0.1, 0.15) is 18.5 Å². The third kappa shape index (κ3) is 5.17. The third-order valence-electron chi connectivity index (χ3n) is 3.25. The van der Waals surface area contributed by atoms with Gasteiger partial charge in [0.05, 0.1) is 6.61 Å². The largest absolute Gasteiger partial charge is 0.433 e. The molecule has 0 aromatic carbocycles. The van der Waals surface area contributed by atoms with E-state index in [2.05, 4.69) is 20.6 Å². The molecule has 2 N–H and O–H groups in total. The van der Waals surface area contributed by atoms with E-state index in [9.17, 15) is 13.2 Å². The van der Waals surface area contributed by atoms with Crippen LogP contribution < -0.4 is 15.5 Å². The average Bonchev–Trinajstić information content (AvgIpc) is 3.00. The second-order valence-corrected chi connectivity index (χ2v) is 5.41. The minimum Gasteiger partial charge on any atom is -0.383 e. The van der Waals surface area contributed by atoms with Gasteiger partial charge in [-0.1, -0.05) is 0 Å². The molecule has 0 atom stereocenters. The number of thiocarbonyl (C=S) groups is 1. The van der Waals surface area contributed by atoms with Crippen LogP contribution in [0.2, 0.25) is 0 Å². The predicted octanol–water partition coefficient (Wildman–Crippen LogP) is 2.03. The summed E-state index contributed by atoms with van der Waals surface area (Å²) in [6, 6.07) is 0.970. The van der Waals surface area contributed by atoms with Crippen LogP contribution in [0.25, 0.3) is 0 Å². The maximum absolute atomic E-state index is 13.0. The summed E-state index contributed by atoms with van der Waals surface area (Å²) in [6.07, 6.45) is -2.67. The molecule has 0 unspecified atom stereocenters. The van der Waals surface area contributed by atoms with Crippen LogP contribution >= 0.6 is 12.2 Å². The molecule has 1 aromatic rings. The van der Waals surface area contributed by atoms with Crippen molar-refractivity contribution in [2.75, 3.05) is 43.6 Å². The van der Waals surface area contributed by atoms with Gasteiger partial charge in [0, 0.05) is 32.8 Å². The summed E-state index contributed by atoms with van der Waals surface area (Å²) in [5.41, 5.74) is -0.989. The van der Waals surface area contributed by atoms with E-state index in [1.54, 1.807) is 0 Å². The zero-order chi connectivity index (χ0) is 16.9. The van der Waals surface area contributed by atoms with Crippen molar-refractivity contribution >= 4 is 29.1 Å². The van der Waals surface area contributed by atoms with Gasteiger partial charge in [-0.3, -0.25) is 0 Å². The molecular formula is C13H18F3N5OS. The Kier molecular flexibility index (Phi) is 5.94. The van der Waals surface area contributed by atoms with Crippen molar-refractivity contribution in [3.05, 3.63) is 11.8 Å². The summed E-state index contributed by atoms with van der Waals surface area (Å²) in [4.78, 5) is 9.46. The lowest BCUT2D eigenvalue weighted by atomic mass is 10.3. The van der Waals surface area contributed by atoms with Gasteiger partial charge in [-0.25, -0.2) is 4.98 Å². The molecule has 0 spiro atoms. The van der Waals surface area contributed by atoms with Gasteiger partial charge in [0.1, 0.15) is 5.82 Å². The highest BCUT2D eigenvalue weighted by Gasteiger charge is 2.34. The van der Waals surface area contributed by atoms with Crippen LogP contribution in [0.4, 0.5) is 24.9 Å². The zero-order valence-corrected chi connectivity index (χ0v) is 13.4. The lowest BCUT2D eigenvalue weighted by molar-refractivity contribution is -0.141. The summed E-state index contributed by atoms with van der Waals surface area (Å²) in [7, 11) is 1.54. The fraction of sp³-hybridized carbons (Fsp3) is 0.615. The van der Waals surface area contributed by atoms with E-state index in [1.165, 1.54) is 7.11 Å². The van der Waals surface area contributed by atoms with Crippen molar-refractivity contribution < 1.29 is 17.9 Å². The van der Waals surface area contributed by atoms with Crippen LogP contribution in [-0.2, 0) is 10.9 Å². The highest BCUT2D eigenvalue weighted by molar-refractivity contribution is 7.80. The second-order valence-electron chi connectivity index (χ2n) is 5.00. The van der Waals surface area contributed by atoms with Crippen molar-refractivity contribution in [1.29, 1.82) is 0 Å². The number of nitrogens with zero attached hydrogens (tertiary/aromatic N) is 3. The van der Waals surface area contributed by atoms with E-state index < -0.39 is 11.9 Å². The highest BCUT2D eigenvalue weighted by Crippen LogP contribution is 2.31. The molecule has 0 aliphatic carbocycles. The Morgan fingerprint density at radius 1 is 1.35 bits per heavy atom. The fourth-order valence-electron chi connectivity index (χ4n) is 2.16. The first-order valence-corrected chi connectivity index (χ1v) is 7.56. The van der Waals surface area contributed by atoms with E-state index in [-0.39, 0.29) is 16.9 Å². The molecule has 2 rings (SSSR count). The number of hydrogen-bond acceptors (Lipinski definition) is 5. The maximum atomic E-state index is 13.0. The Balaban J connectivity index is 2.17. The van der Waals surface area contributed by atoms with E-state index in [4.69, 9.17) is 17.0 Å². The van der Waals surface area contributed by atoms with Crippen LogP contribution in [0.3, 0.4) is 0 Å². The maximum Gasteiger partial charge on any atom is 0.433 e. The quantitative estimate of drug-likeness (QED) is 0.623. The molecule has 0 radical (unpaired) electrons. The number of anilines is 2. The molecule has 0 bridgehead atoms. The van der Waals surface area contributed by atoms with E-state index in [0.29, 0.717) is 26.2 Å². The van der Waals surface area contributed by atoms with Gasteiger partial charge in [-0.15, -0.1) is 0 Å². The van der Waals surface area contributed by atoms with Gasteiger partial charge in [0.2, 0.25) is 5.95 Å². The Hall–Kier alpha value is -1.68. The minimum absolute atomic E-state index is 0.147. The number of nitrogens with one attached hydrogen (secondary N) is 2. The van der Waals surface area contributed by atoms with Gasteiger partial charge < -0.3 is 20.3 Å². The standard InChI is InChI=1S/C13H18F3N5OS/c1-22-7-4-17-12(23)20-11-18-9(13(14,15)16)8-10(19-11)21-5-2-3-6-21/h8H,2-7H2,1H3,(H2,17,18,19,20,23). The summed E-state index contributed by atoms with van der Waals surface area (Å²) >= 11 is 5.01. The molecule has 1 aliphatic rings. The van der Waals surface area contributed by atoms with Crippen LogP contribution in [-0.4, -0.2) is 48.4 Å². The molecule has 2 heterocycles. The van der Waals surface area contributed by atoms with E-state index in [1.807, 2.05) is 4.90 Å². The van der Waals surface area contributed by atoms with Gasteiger partial charge in [-0.2, -0.15) is 18.2 Å². The van der Waals surface area contributed by atoms with Gasteiger partial charge in [0.25, 0.3) is 0 Å². The number of halogens is 3. The lowest BCUT2D eigenvalue weighted by Crippen LogP contribution is -2.32. The van der Waals surface area contributed by atoms with Crippen LogP contribution in [0.15, 0.2) is 6.07 Å². The molecule has 1 aromatic heterocycles. The molecule has 6 nitrogen and oxygen atoms in total. The van der Waals surface area contributed by atoms with Gasteiger partial charge in [0.15, 0.2) is 10.8 Å². The molecule has 1 aliphatic heterocycles. The van der Waals surface area contributed by atoms with E-state index in [0.717, 1.165) is 18.9 Å². The number of rotatable bonds is 5. The summed E-state index contributed by atoms with van der Waals surface area (Å²) in [5.74, 6) is 0.0867. The Morgan fingerprint density at radius 2 is 2.04 bits per heavy atom. The summed E-state index contributed by atoms with van der Waals surface area (Å²) < 4.78 is 43.9. The van der Waals surface area contributed by atoms with Crippen molar-refractivity contribution in [3.8, 4) is 0 Å². The second kappa shape index (κ2) is 7.73. The molecule has 0 saturated carbocycles. The number of aromatic nitrogens is 2. The van der Waals surface area contributed by atoms with Gasteiger partial charge in [-0.05, 0) is 25.1 Å². The molecule has 1 saturated heterocycles. The normalized spacial score (nSPS) is 14.9. The smallest absolute Gasteiger partial charge is 0.383 e. The Bertz CT molecular complexity index is 549. The first-order valence-electron chi connectivity index (χ1n) is 7.15. The van der Waals surface area contributed by atoms with Crippen LogP contribution in [0.5, 0.6) is 0 Å². The average molecular weight is 349 g/mol. The highest BCUT2D eigenvalue weighted by atomic mass is 32.1. The summed E-state index contributed by atoms with van der Waals surface area (Å²) in [6.45, 7) is 2.22. The van der Waals surface area contributed by atoms with Crippen molar-refractivity contribution in [2.24, 2.45) is 0 Å². The Labute approximate surface area is 137 Å². The SMILES string of the molecule is COCCNC(=S)Nc1nc(N2CCCC2)cc(C(F)(F)F)n1. The molecule has 1 fully saturated rings. The number of hydrogen-bond donors (Lipinski definition) is 2. The number of ether oxygens (including phenoxy) is 1. The molecule has 0 amide bonds. The lowest BCUT2D eigenvalue weighted by Gasteiger charge is -2.19. The van der Waals surface area contributed by atoms with Crippen LogP contribution in [0, 0.1) is 0 Å². The minimum atomic E-state index is -4.54. The predicted molar refractivity (Wildman–Crippen MR) is 84.6 cm³/mol. The number of alkyl halides is 3. The number of methoxy groups -OCH3 is 1. The monoisotopic (exact) mass is 349 g/mol. The zero-order valence-electron chi connectivity index (χ0n) is 12.6. The molecular weight excluding hydrogens is 331 g/mol. The van der Waals surface area contributed by atoms with Crippen molar-refractivity contribution in [3.63, 3.8) is 0 Å². The van der Waals surface area contributed by atoms with Gasteiger partial charge >= 0.3 is 6.18 Å². The van der Waals surface area contributed by atoms with Crippen molar-refractivity contribution in [1.82, 2.24) is 15.3 Å².